The third-order valence-corrected chi connectivity index (χ3v) is 4.87. The maximum atomic E-state index is 11.9. The number of hydrogen-bond acceptors (Lipinski definition) is 4. The molecular weight excluding hydrogens is 280 g/mol. The van der Waals surface area contributed by atoms with E-state index in [2.05, 4.69) is 13.2 Å². The van der Waals surface area contributed by atoms with Gasteiger partial charge in [0, 0.05) is 5.41 Å². The topological polar surface area (TPSA) is 52.6 Å². The summed E-state index contributed by atoms with van der Waals surface area (Å²) in [6, 6.07) is 0. The molecule has 122 valence electrons. The van der Waals surface area contributed by atoms with Gasteiger partial charge in [0.05, 0.1) is 25.0 Å². The second kappa shape index (κ2) is 6.67. The molecule has 2 aliphatic carbocycles. The van der Waals surface area contributed by atoms with E-state index in [1.54, 1.807) is 12.2 Å². The third-order valence-electron chi connectivity index (χ3n) is 4.87. The zero-order valence-corrected chi connectivity index (χ0v) is 13.5. The number of allylic oxidation sites excluding steroid dienone is 2. The average molecular weight is 306 g/mol. The molecule has 0 N–H and O–H groups in total. The molecule has 2 aliphatic rings. The van der Waals surface area contributed by atoms with Gasteiger partial charge in [0.1, 0.15) is 0 Å². The maximum Gasteiger partial charge on any atom is 0.309 e. The first-order chi connectivity index (χ1) is 10.4. The summed E-state index contributed by atoms with van der Waals surface area (Å²) in [5, 5.41) is 0. The first-order valence-electron chi connectivity index (χ1n) is 8.02. The highest BCUT2D eigenvalue weighted by Gasteiger charge is 2.44. The summed E-state index contributed by atoms with van der Waals surface area (Å²) in [5.74, 6) is 0.157. The van der Waals surface area contributed by atoms with Crippen molar-refractivity contribution in [1.29, 1.82) is 0 Å². The van der Waals surface area contributed by atoms with Gasteiger partial charge in [0.2, 0.25) is 0 Å². The van der Waals surface area contributed by atoms with E-state index in [9.17, 15) is 9.59 Å². The Morgan fingerprint density at radius 1 is 1.05 bits per heavy atom. The Labute approximate surface area is 132 Å². The standard InChI is InChI=1S/C18H26O4/c1-5-12-8-14(12)16(19)21-10-18(4,7-3)11-22-17(20)15-9-13(15)6-2/h5-6,12-15H,1-2,7-11H2,3-4H3. The van der Waals surface area contributed by atoms with Gasteiger partial charge in [-0.15, -0.1) is 13.2 Å². The van der Waals surface area contributed by atoms with Crippen molar-refractivity contribution in [2.75, 3.05) is 13.2 Å². The van der Waals surface area contributed by atoms with Crippen LogP contribution in [0.3, 0.4) is 0 Å². The van der Waals surface area contributed by atoms with Crippen LogP contribution in [-0.4, -0.2) is 25.2 Å². The van der Waals surface area contributed by atoms with Crippen LogP contribution in [0.5, 0.6) is 0 Å². The molecule has 0 bridgehead atoms. The van der Waals surface area contributed by atoms with E-state index in [1.807, 2.05) is 13.8 Å². The molecule has 0 aromatic rings. The zero-order valence-electron chi connectivity index (χ0n) is 13.5. The molecule has 4 nitrogen and oxygen atoms in total. The molecular formula is C18H26O4. The number of esters is 2. The predicted molar refractivity (Wildman–Crippen MR) is 83.9 cm³/mol. The van der Waals surface area contributed by atoms with E-state index in [1.165, 1.54) is 0 Å². The fourth-order valence-electron chi connectivity index (χ4n) is 2.44. The van der Waals surface area contributed by atoms with Crippen LogP contribution in [0.15, 0.2) is 25.3 Å². The molecule has 0 radical (unpaired) electrons. The number of hydrogen-bond donors (Lipinski definition) is 0. The van der Waals surface area contributed by atoms with Gasteiger partial charge in [-0.25, -0.2) is 0 Å². The fourth-order valence-corrected chi connectivity index (χ4v) is 2.44. The Hall–Kier alpha value is -1.58. The summed E-state index contributed by atoms with van der Waals surface area (Å²) in [6.45, 7) is 11.9. The lowest BCUT2D eigenvalue weighted by Crippen LogP contribution is -2.31. The summed E-state index contributed by atoms with van der Waals surface area (Å²) in [4.78, 5) is 23.8. The SMILES string of the molecule is C=CC1CC1C(=O)OCC(C)(CC)COC(=O)C1CC1C=C. The van der Waals surface area contributed by atoms with Gasteiger partial charge >= 0.3 is 11.9 Å². The Kier molecular flexibility index (Phi) is 5.09. The largest absolute Gasteiger partial charge is 0.465 e. The molecule has 2 saturated carbocycles. The molecule has 4 unspecified atom stereocenters. The Morgan fingerprint density at radius 3 is 1.73 bits per heavy atom. The van der Waals surface area contributed by atoms with Gasteiger partial charge in [-0.2, -0.15) is 0 Å². The molecule has 2 rings (SSSR count). The van der Waals surface area contributed by atoms with Crippen LogP contribution < -0.4 is 0 Å². The Balaban J connectivity index is 1.74. The quantitative estimate of drug-likeness (QED) is 0.485. The minimum absolute atomic E-state index is 0.0269. The van der Waals surface area contributed by atoms with Crippen LogP contribution in [0.25, 0.3) is 0 Å². The van der Waals surface area contributed by atoms with Gasteiger partial charge in [-0.05, 0) is 31.1 Å². The van der Waals surface area contributed by atoms with Crippen molar-refractivity contribution in [2.45, 2.75) is 33.1 Å². The molecule has 0 heterocycles. The van der Waals surface area contributed by atoms with Crippen molar-refractivity contribution in [3.63, 3.8) is 0 Å². The van der Waals surface area contributed by atoms with Gasteiger partial charge in [-0.3, -0.25) is 9.59 Å². The second-order valence-electron chi connectivity index (χ2n) is 6.86. The predicted octanol–water partition coefficient (Wildman–Crippen LogP) is 3.13. The van der Waals surface area contributed by atoms with Crippen LogP contribution >= 0.6 is 0 Å². The van der Waals surface area contributed by atoms with Gasteiger partial charge in [0.15, 0.2) is 0 Å². The highest BCUT2D eigenvalue weighted by atomic mass is 16.5. The fraction of sp³-hybridized carbons (Fsp3) is 0.667. The van der Waals surface area contributed by atoms with Crippen LogP contribution in [0.4, 0.5) is 0 Å². The maximum absolute atomic E-state index is 11.9. The molecule has 0 aromatic carbocycles. The summed E-state index contributed by atoms with van der Waals surface area (Å²) in [6.07, 6.45) is 6.06. The molecule has 4 heteroatoms. The summed E-state index contributed by atoms with van der Waals surface area (Å²) in [5.41, 5.74) is -0.331. The van der Waals surface area contributed by atoms with E-state index in [0.717, 1.165) is 19.3 Å². The minimum Gasteiger partial charge on any atom is -0.465 e. The lowest BCUT2D eigenvalue weighted by Gasteiger charge is -2.27. The molecule has 0 spiro atoms. The number of ether oxygens (including phenoxy) is 2. The van der Waals surface area contributed by atoms with E-state index >= 15 is 0 Å². The Bertz CT molecular complexity index is 430. The highest BCUT2D eigenvalue weighted by Crippen LogP contribution is 2.41. The second-order valence-corrected chi connectivity index (χ2v) is 6.86. The first kappa shape index (κ1) is 16.8. The highest BCUT2D eigenvalue weighted by molar-refractivity contribution is 5.76. The van der Waals surface area contributed by atoms with Gasteiger partial charge in [-0.1, -0.05) is 26.0 Å². The van der Waals surface area contributed by atoms with Crippen molar-refractivity contribution >= 4 is 11.9 Å². The van der Waals surface area contributed by atoms with E-state index < -0.39 is 0 Å². The normalized spacial score (nSPS) is 31.5. The minimum atomic E-state index is -0.331. The van der Waals surface area contributed by atoms with Crippen molar-refractivity contribution in [1.82, 2.24) is 0 Å². The van der Waals surface area contributed by atoms with Crippen LogP contribution in [0.1, 0.15) is 33.1 Å². The average Bonchev–Trinajstić information content (AvgIpc) is 3.42. The van der Waals surface area contributed by atoms with Gasteiger partial charge < -0.3 is 9.47 Å². The molecule has 0 aliphatic heterocycles. The first-order valence-corrected chi connectivity index (χ1v) is 8.02. The molecule has 0 saturated heterocycles. The summed E-state index contributed by atoms with van der Waals surface area (Å²) < 4.78 is 10.8. The smallest absolute Gasteiger partial charge is 0.309 e. The lowest BCUT2D eigenvalue weighted by molar-refractivity contribution is -0.155. The molecule has 4 atom stereocenters. The monoisotopic (exact) mass is 306 g/mol. The van der Waals surface area contributed by atoms with Crippen molar-refractivity contribution < 1.29 is 19.1 Å². The third kappa shape index (κ3) is 3.99. The molecule has 0 amide bonds. The molecule has 0 aromatic heterocycles. The lowest BCUT2D eigenvalue weighted by atomic mass is 9.90. The zero-order chi connectivity index (χ0) is 16.3. The Morgan fingerprint density at radius 2 is 1.45 bits per heavy atom. The van der Waals surface area contributed by atoms with Gasteiger partial charge in [0.25, 0.3) is 0 Å². The molecule has 22 heavy (non-hydrogen) atoms. The van der Waals surface area contributed by atoms with Crippen molar-refractivity contribution in [2.24, 2.45) is 29.1 Å². The van der Waals surface area contributed by atoms with E-state index in [4.69, 9.17) is 9.47 Å². The van der Waals surface area contributed by atoms with Crippen molar-refractivity contribution in [3.05, 3.63) is 25.3 Å². The number of carbonyl (C=O) groups is 2. The summed E-state index contributed by atoms with van der Waals surface area (Å²) in [7, 11) is 0. The number of rotatable bonds is 9. The van der Waals surface area contributed by atoms with Crippen LogP contribution in [0, 0.1) is 29.1 Å². The summed E-state index contributed by atoms with van der Waals surface area (Å²) >= 11 is 0. The van der Waals surface area contributed by atoms with Crippen LogP contribution in [-0.2, 0) is 19.1 Å². The number of carbonyl (C=O) groups excluding carboxylic acids is 2. The molecule has 2 fully saturated rings. The van der Waals surface area contributed by atoms with Crippen molar-refractivity contribution in [3.8, 4) is 0 Å². The van der Waals surface area contributed by atoms with E-state index in [0.29, 0.717) is 0 Å². The van der Waals surface area contributed by atoms with Crippen LogP contribution in [0.2, 0.25) is 0 Å². The van der Waals surface area contributed by atoms with E-state index in [-0.39, 0.29) is 54.2 Å².